The summed E-state index contributed by atoms with van der Waals surface area (Å²) >= 11 is 1.28. The standard InChI is InChI=1S/C15H11N5O2S/c16-14(21)10-3-6-12(17-7-10)15(22)18-11-4-1-9(2-5-11)13-8-23-20-19-13/h1-8H,(H2,16,21)(H,18,22). The molecule has 0 aliphatic carbocycles. The quantitative estimate of drug-likeness (QED) is 0.761. The van der Waals surface area contributed by atoms with E-state index < -0.39 is 5.91 Å². The molecule has 0 bridgehead atoms. The molecule has 0 aliphatic heterocycles. The van der Waals surface area contributed by atoms with Gasteiger partial charge in [0.2, 0.25) is 5.91 Å². The number of benzene rings is 1. The fourth-order valence-corrected chi connectivity index (χ4v) is 2.35. The first-order valence-electron chi connectivity index (χ1n) is 6.58. The average molecular weight is 325 g/mol. The van der Waals surface area contributed by atoms with Gasteiger partial charge in [0, 0.05) is 22.8 Å². The fraction of sp³-hybridized carbons (Fsp3) is 0. The van der Waals surface area contributed by atoms with Crippen LogP contribution in [-0.2, 0) is 0 Å². The van der Waals surface area contributed by atoms with Crippen LogP contribution in [0.5, 0.6) is 0 Å². The zero-order chi connectivity index (χ0) is 16.2. The SMILES string of the molecule is NC(=O)c1ccc(C(=O)Nc2ccc(-c3csnn3)cc2)nc1. The van der Waals surface area contributed by atoms with Crippen LogP contribution >= 0.6 is 11.5 Å². The van der Waals surface area contributed by atoms with E-state index in [1.165, 1.54) is 29.9 Å². The summed E-state index contributed by atoms with van der Waals surface area (Å²) in [6, 6.07) is 10.1. The molecule has 0 spiro atoms. The highest BCUT2D eigenvalue weighted by Gasteiger charge is 2.09. The number of hydrogen-bond donors (Lipinski definition) is 2. The highest BCUT2D eigenvalue weighted by atomic mass is 32.1. The molecule has 0 atom stereocenters. The predicted molar refractivity (Wildman–Crippen MR) is 86.1 cm³/mol. The molecule has 0 saturated carbocycles. The first-order valence-corrected chi connectivity index (χ1v) is 7.42. The third-order valence-electron chi connectivity index (χ3n) is 3.08. The van der Waals surface area contributed by atoms with Crippen LogP contribution in [0.25, 0.3) is 11.3 Å². The number of rotatable bonds is 4. The summed E-state index contributed by atoms with van der Waals surface area (Å²) in [7, 11) is 0. The minimum Gasteiger partial charge on any atom is -0.366 e. The minimum atomic E-state index is -0.587. The lowest BCUT2D eigenvalue weighted by Crippen LogP contribution is -2.15. The Labute approximate surface area is 135 Å². The van der Waals surface area contributed by atoms with Gasteiger partial charge in [-0.3, -0.25) is 14.6 Å². The number of pyridine rings is 1. The Morgan fingerprint density at radius 1 is 1.09 bits per heavy atom. The Morgan fingerprint density at radius 3 is 2.43 bits per heavy atom. The summed E-state index contributed by atoms with van der Waals surface area (Å²) in [5, 5.41) is 8.55. The first-order chi connectivity index (χ1) is 11.1. The zero-order valence-corrected chi connectivity index (χ0v) is 12.6. The van der Waals surface area contributed by atoms with Crippen molar-refractivity contribution in [3.63, 3.8) is 0 Å². The molecule has 0 fully saturated rings. The number of carbonyl (C=O) groups excluding carboxylic acids is 2. The largest absolute Gasteiger partial charge is 0.366 e. The second-order valence-corrected chi connectivity index (χ2v) is 5.23. The molecule has 3 N–H and O–H groups in total. The number of aromatic nitrogens is 3. The van der Waals surface area contributed by atoms with Crippen molar-refractivity contribution in [3.05, 3.63) is 59.2 Å². The molecule has 1 aromatic carbocycles. The van der Waals surface area contributed by atoms with Crippen molar-refractivity contribution in [3.8, 4) is 11.3 Å². The maximum atomic E-state index is 12.1. The Kier molecular flexibility index (Phi) is 4.07. The number of carbonyl (C=O) groups is 2. The molecule has 3 rings (SSSR count). The van der Waals surface area contributed by atoms with Crippen molar-refractivity contribution >= 4 is 29.0 Å². The van der Waals surface area contributed by atoms with E-state index in [4.69, 9.17) is 5.73 Å². The molecule has 0 unspecified atom stereocenters. The molecule has 23 heavy (non-hydrogen) atoms. The second kappa shape index (κ2) is 6.32. The van der Waals surface area contributed by atoms with Crippen molar-refractivity contribution in [1.29, 1.82) is 0 Å². The Hall–Kier alpha value is -3.13. The summed E-state index contributed by atoms with van der Waals surface area (Å²) in [5.74, 6) is -0.958. The van der Waals surface area contributed by atoms with Gasteiger partial charge in [0.05, 0.1) is 5.56 Å². The molecule has 2 heterocycles. The monoisotopic (exact) mass is 325 g/mol. The van der Waals surface area contributed by atoms with Crippen LogP contribution in [0.2, 0.25) is 0 Å². The van der Waals surface area contributed by atoms with Crippen molar-refractivity contribution in [1.82, 2.24) is 14.6 Å². The Bertz CT molecular complexity index is 829. The van der Waals surface area contributed by atoms with E-state index in [0.29, 0.717) is 5.69 Å². The average Bonchev–Trinajstić information content (AvgIpc) is 3.10. The summed E-state index contributed by atoms with van der Waals surface area (Å²) in [4.78, 5) is 27.0. The summed E-state index contributed by atoms with van der Waals surface area (Å²) < 4.78 is 3.81. The van der Waals surface area contributed by atoms with E-state index in [1.54, 1.807) is 12.1 Å². The van der Waals surface area contributed by atoms with Crippen molar-refractivity contribution in [2.24, 2.45) is 5.73 Å². The zero-order valence-electron chi connectivity index (χ0n) is 11.8. The van der Waals surface area contributed by atoms with E-state index in [9.17, 15) is 9.59 Å². The van der Waals surface area contributed by atoms with Gasteiger partial charge in [-0.2, -0.15) is 0 Å². The van der Waals surface area contributed by atoms with Gasteiger partial charge in [-0.25, -0.2) is 0 Å². The van der Waals surface area contributed by atoms with Crippen LogP contribution in [0.1, 0.15) is 20.8 Å². The van der Waals surface area contributed by atoms with E-state index >= 15 is 0 Å². The molecule has 7 nitrogen and oxygen atoms in total. The summed E-state index contributed by atoms with van der Waals surface area (Å²) in [6.07, 6.45) is 1.27. The molecule has 2 amide bonds. The van der Waals surface area contributed by atoms with Crippen LogP contribution in [-0.4, -0.2) is 26.4 Å². The molecule has 0 saturated heterocycles. The van der Waals surface area contributed by atoms with Crippen LogP contribution in [0.3, 0.4) is 0 Å². The van der Waals surface area contributed by atoms with Gasteiger partial charge in [-0.05, 0) is 35.8 Å². The minimum absolute atomic E-state index is 0.197. The molecular formula is C15H11N5O2S. The smallest absolute Gasteiger partial charge is 0.274 e. The molecule has 0 aliphatic rings. The van der Waals surface area contributed by atoms with Crippen molar-refractivity contribution in [2.45, 2.75) is 0 Å². The van der Waals surface area contributed by atoms with Crippen LogP contribution < -0.4 is 11.1 Å². The van der Waals surface area contributed by atoms with E-state index in [0.717, 1.165) is 11.3 Å². The predicted octanol–water partition coefficient (Wildman–Crippen LogP) is 1.95. The third kappa shape index (κ3) is 3.38. The number of hydrogen-bond acceptors (Lipinski definition) is 6. The van der Waals surface area contributed by atoms with E-state index in [1.807, 2.05) is 17.5 Å². The lowest BCUT2D eigenvalue weighted by molar-refractivity contribution is 0.0993. The Morgan fingerprint density at radius 2 is 1.87 bits per heavy atom. The number of nitrogens with two attached hydrogens (primary N) is 1. The van der Waals surface area contributed by atoms with Crippen LogP contribution in [0.15, 0.2) is 48.0 Å². The molecule has 8 heteroatoms. The lowest BCUT2D eigenvalue weighted by atomic mass is 10.1. The second-order valence-electron chi connectivity index (χ2n) is 4.62. The molecule has 3 aromatic rings. The van der Waals surface area contributed by atoms with Gasteiger partial charge in [0.1, 0.15) is 11.4 Å². The van der Waals surface area contributed by atoms with E-state index in [2.05, 4.69) is 19.9 Å². The van der Waals surface area contributed by atoms with Gasteiger partial charge in [-0.1, -0.05) is 16.6 Å². The third-order valence-corrected chi connectivity index (χ3v) is 3.58. The van der Waals surface area contributed by atoms with Crippen molar-refractivity contribution in [2.75, 3.05) is 5.32 Å². The first kappa shape index (κ1) is 14.8. The summed E-state index contributed by atoms with van der Waals surface area (Å²) in [6.45, 7) is 0. The summed E-state index contributed by atoms with van der Waals surface area (Å²) in [5.41, 5.74) is 7.91. The topological polar surface area (TPSA) is 111 Å². The van der Waals surface area contributed by atoms with Crippen LogP contribution in [0.4, 0.5) is 5.69 Å². The molecule has 0 radical (unpaired) electrons. The van der Waals surface area contributed by atoms with Crippen molar-refractivity contribution < 1.29 is 9.59 Å². The highest BCUT2D eigenvalue weighted by molar-refractivity contribution is 7.03. The fourth-order valence-electron chi connectivity index (χ4n) is 1.88. The number of nitrogens with one attached hydrogen (secondary N) is 1. The van der Waals surface area contributed by atoms with Gasteiger partial charge in [-0.15, -0.1) is 5.10 Å². The Balaban J connectivity index is 1.71. The van der Waals surface area contributed by atoms with Gasteiger partial charge < -0.3 is 11.1 Å². The number of nitrogens with zero attached hydrogens (tertiary/aromatic N) is 3. The molecule has 114 valence electrons. The van der Waals surface area contributed by atoms with Gasteiger partial charge in [0.15, 0.2) is 0 Å². The molecular weight excluding hydrogens is 314 g/mol. The highest BCUT2D eigenvalue weighted by Crippen LogP contribution is 2.20. The van der Waals surface area contributed by atoms with E-state index in [-0.39, 0.29) is 17.2 Å². The molecule has 2 aromatic heterocycles. The number of amides is 2. The number of primary amides is 1. The normalized spacial score (nSPS) is 10.3. The van der Waals surface area contributed by atoms with Gasteiger partial charge >= 0.3 is 0 Å². The maximum absolute atomic E-state index is 12.1. The maximum Gasteiger partial charge on any atom is 0.274 e. The lowest BCUT2D eigenvalue weighted by Gasteiger charge is -2.05. The number of anilines is 1. The van der Waals surface area contributed by atoms with Crippen LogP contribution in [0, 0.1) is 0 Å². The van der Waals surface area contributed by atoms with Gasteiger partial charge in [0.25, 0.3) is 5.91 Å².